The Kier molecular flexibility index (Phi) is 5.39. The molecule has 0 atom stereocenters. The molecule has 2 aliphatic heterocycles. The van der Waals surface area contributed by atoms with Gasteiger partial charge in [-0.1, -0.05) is 18.2 Å². The number of carbonyl (C=O) groups is 2. The van der Waals surface area contributed by atoms with Gasteiger partial charge >= 0.3 is 17.1 Å². The van der Waals surface area contributed by atoms with Crippen molar-refractivity contribution in [1.29, 1.82) is 0 Å². The molecule has 0 spiro atoms. The van der Waals surface area contributed by atoms with Crippen LogP contribution in [0.2, 0.25) is 0 Å². The normalized spacial score (nSPS) is 16.8. The number of benzene rings is 3. The van der Waals surface area contributed by atoms with Crippen LogP contribution in [0.15, 0.2) is 59.0 Å². The van der Waals surface area contributed by atoms with E-state index in [1.807, 2.05) is 38.1 Å². The standard InChI is InChI=1S/C33H30N2O5/c1-16-14-32(3,4)34-25-12-27-23(10-20(16)25)29(22-9-18(30(36)37)7-8-19(22)31(38)39)24-11-21-17(2)15-33(5,6)35-26(21)13-28(24)40-27/h7-15,34-35H,1-6H3,(H-,36,37,38,39). The Labute approximate surface area is 231 Å². The minimum atomic E-state index is -1.39. The predicted octanol–water partition coefficient (Wildman–Crippen LogP) is 6.81. The van der Waals surface area contributed by atoms with Crippen molar-refractivity contribution in [3.05, 3.63) is 76.9 Å². The molecule has 1 aromatic heterocycles. The van der Waals surface area contributed by atoms with Crippen LogP contribution in [0.4, 0.5) is 11.4 Å². The highest BCUT2D eigenvalue weighted by Gasteiger charge is 2.31. The molecule has 4 aromatic rings. The third-order valence-electron chi connectivity index (χ3n) is 7.67. The Morgan fingerprint density at radius 2 is 1.27 bits per heavy atom. The first-order valence-corrected chi connectivity index (χ1v) is 13.2. The molecule has 0 amide bonds. The molecule has 0 aliphatic carbocycles. The van der Waals surface area contributed by atoms with Crippen LogP contribution in [0, 0.1) is 0 Å². The summed E-state index contributed by atoms with van der Waals surface area (Å²) in [5.74, 6) is -2.53. The van der Waals surface area contributed by atoms with E-state index in [0.29, 0.717) is 27.5 Å². The highest BCUT2D eigenvalue weighted by atomic mass is 16.4. The minimum absolute atomic E-state index is 0.0167. The number of allylic oxidation sites excluding steroid dienone is 2. The Morgan fingerprint density at radius 1 is 0.775 bits per heavy atom. The zero-order valence-electron chi connectivity index (χ0n) is 23.3. The van der Waals surface area contributed by atoms with E-state index >= 15 is 0 Å². The van der Waals surface area contributed by atoms with E-state index < -0.39 is 11.9 Å². The first-order chi connectivity index (χ1) is 18.7. The number of carboxylic acids is 2. The first kappa shape index (κ1) is 25.6. The fourth-order valence-electron chi connectivity index (χ4n) is 6.20. The van der Waals surface area contributed by atoms with Crippen molar-refractivity contribution in [3.63, 3.8) is 0 Å². The second-order valence-electron chi connectivity index (χ2n) is 12.0. The Bertz CT molecular complexity index is 1780. The van der Waals surface area contributed by atoms with E-state index in [9.17, 15) is 19.8 Å². The van der Waals surface area contributed by atoms with Crippen LogP contribution in [0.5, 0.6) is 0 Å². The maximum Gasteiger partial charge on any atom is 0.363 e. The van der Waals surface area contributed by atoms with E-state index in [1.165, 1.54) is 18.2 Å². The molecule has 3 aromatic carbocycles. The van der Waals surface area contributed by atoms with Crippen molar-refractivity contribution >= 4 is 56.4 Å². The molecule has 202 valence electrons. The van der Waals surface area contributed by atoms with Gasteiger partial charge in [0.1, 0.15) is 0 Å². The first-order valence-electron chi connectivity index (χ1n) is 13.2. The Hall–Kier alpha value is -4.65. The molecule has 0 saturated heterocycles. The van der Waals surface area contributed by atoms with Gasteiger partial charge < -0.3 is 25.6 Å². The number of anilines is 2. The van der Waals surface area contributed by atoms with Gasteiger partial charge in [-0.2, -0.15) is 0 Å². The van der Waals surface area contributed by atoms with Crippen molar-refractivity contribution in [1.82, 2.24) is 0 Å². The molecule has 40 heavy (non-hydrogen) atoms. The summed E-state index contributed by atoms with van der Waals surface area (Å²) < 4.78 is 6.53. The van der Waals surface area contributed by atoms with Gasteiger partial charge in [-0.3, -0.25) is 0 Å². The monoisotopic (exact) mass is 534 g/mol. The molecule has 2 aliphatic rings. The topological polar surface area (TPSA) is 113 Å². The summed E-state index contributed by atoms with van der Waals surface area (Å²) in [5, 5.41) is 30.6. The SMILES string of the molecule is CC1=CC(C)(C)Nc2cc3[o+]c4cc5c(cc4c(-c4cc(C(=O)O)ccc4C(=O)[O-])c3cc21)C(C)=CC(C)(C)N5. The number of carboxylic acid groups (broad SMARTS) is 2. The third kappa shape index (κ3) is 4.09. The van der Waals surface area contributed by atoms with Gasteiger partial charge in [0.05, 0.1) is 56.9 Å². The van der Waals surface area contributed by atoms with Crippen molar-refractivity contribution in [2.45, 2.75) is 52.6 Å². The lowest BCUT2D eigenvalue weighted by Gasteiger charge is -2.31. The number of nitrogens with one attached hydrogen (secondary N) is 2. The van der Waals surface area contributed by atoms with E-state index in [1.54, 1.807) is 0 Å². The third-order valence-corrected chi connectivity index (χ3v) is 7.67. The lowest BCUT2D eigenvalue weighted by atomic mass is 9.86. The molecule has 7 heteroatoms. The van der Waals surface area contributed by atoms with Gasteiger partial charge in [-0.15, -0.1) is 0 Å². The highest BCUT2D eigenvalue weighted by Crippen LogP contribution is 2.46. The molecular formula is C33H30N2O5. The molecular weight excluding hydrogens is 504 g/mol. The second-order valence-corrected chi connectivity index (χ2v) is 12.0. The average molecular weight is 535 g/mol. The van der Waals surface area contributed by atoms with E-state index in [0.717, 1.165) is 33.6 Å². The molecule has 3 heterocycles. The van der Waals surface area contributed by atoms with Crippen LogP contribution in [-0.4, -0.2) is 28.1 Å². The number of hydrogen-bond acceptors (Lipinski definition) is 5. The van der Waals surface area contributed by atoms with Crippen molar-refractivity contribution in [2.24, 2.45) is 0 Å². The highest BCUT2D eigenvalue weighted by molar-refractivity contribution is 6.15. The van der Waals surface area contributed by atoms with Crippen LogP contribution in [-0.2, 0) is 0 Å². The van der Waals surface area contributed by atoms with E-state index in [2.05, 4.69) is 50.5 Å². The summed E-state index contributed by atoms with van der Waals surface area (Å²) in [7, 11) is 0. The lowest BCUT2D eigenvalue weighted by Crippen LogP contribution is -2.31. The van der Waals surface area contributed by atoms with Crippen LogP contribution in [0.1, 0.15) is 73.4 Å². The maximum atomic E-state index is 12.3. The number of rotatable bonds is 3. The van der Waals surface area contributed by atoms with E-state index in [-0.39, 0.29) is 27.8 Å². The Morgan fingerprint density at radius 3 is 1.73 bits per heavy atom. The molecule has 6 rings (SSSR count). The van der Waals surface area contributed by atoms with Crippen LogP contribution >= 0.6 is 0 Å². The lowest BCUT2D eigenvalue weighted by molar-refractivity contribution is -0.254. The van der Waals surface area contributed by atoms with Gasteiger partial charge in [0.25, 0.3) is 0 Å². The average Bonchev–Trinajstić information content (AvgIpc) is 2.83. The predicted molar refractivity (Wildman–Crippen MR) is 158 cm³/mol. The molecule has 0 radical (unpaired) electrons. The van der Waals surface area contributed by atoms with Gasteiger partial charge in [0.2, 0.25) is 0 Å². The van der Waals surface area contributed by atoms with Crippen LogP contribution in [0.25, 0.3) is 44.2 Å². The van der Waals surface area contributed by atoms with Crippen LogP contribution in [0.3, 0.4) is 0 Å². The summed E-state index contributed by atoms with van der Waals surface area (Å²) in [5.41, 5.74) is 7.19. The summed E-state index contributed by atoms with van der Waals surface area (Å²) in [6.07, 6.45) is 4.29. The van der Waals surface area contributed by atoms with Gasteiger partial charge in [0.15, 0.2) is 0 Å². The largest absolute Gasteiger partial charge is 0.545 e. The summed E-state index contributed by atoms with van der Waals surface area (Å²) in [4.78, 5) is 24.3. The van der Waals surface area contributed by atoms with E-state index in [4.69, 9.17) is 4.42 Å². The molecule has 0 unspecified atom stereocenters. The van der Waals surface area contributed by atoms with Crippen LogP contribution < -0.4 is 15.7 Å². The molecule has 7 nitrogen and oxygen atoms in total. The fourth-order valence-corrected chi connectivity index (χ4v) is 6.20. The minimum Gasteiger partial charge on any atom is -0.545 e. The number of carbonyl (C=O) groups excluding carboxylic acids is 1. The smallest absolute Gasteiger partial charge is 0.363 e. The Balaban J connectivity index is 1.79. The quantitative estimate of drug-likeness (QED) is 0.195. The van der Waals surface area contributed by atoms with Gasteiger partial charge in [0, 0.05) is 22.3 Å². The summed E-state index contributed by atoms with van der Waals surface area (Å²) in [6, 6.07) is 11.9. The summed E-state index contributed by atoms with van der Waals surface area (Å²) >= 11 is 0. The van der Waals surface area contributed by atoms with Crippen molar-refractivity contribution < 1.29 is 24.2 Å². The van der Waals surface area contributed by atoms with Crippen molar-refractivity contribution in [3.8, 4) is 11.1 Å². The fraction of sp³-hybridized carbons (Fsp3) is 0.242. The molecule has 0 bridgehead atoms. The summed E-state index contributed by atoms with van der Waals surface area (Å²) in [6.45, 7) is 12.4. The second kappa shape index (κ2) is 8.42. The van der Waals surface area contributed by atoms with Gasteiger partial charge in [-0.05, 0) is 82.5 Å². The number of hydrogen-bond donors (Lipinski definition) is 3. The maximum absolute atomic E-state index is 12.3. The molecule has 0 fully saturated rings. The van der Waals surface area contributed by atoms with Crippen molar-refractivity contribution in [2.75, 3.05) is 10.6 Å². The molecule has 3 N–H and O–H groups in total. The number of aromatic carboxylic acids is 2. The zero-order valence-corrected chi connectivity index (χ0v) is 23.3. The van der Waals surface area contributed by atoms with Gasteiger partial charge in [-0.25, -0.2) is 9.21 Å². The number of fused-ring (bicyclic) bond motifs is 4. The molecule has 0 saturated carbocycles. The zero-order chi connectivity index (χ0) is 28.7.